The molecule has 0 spiro atoms. The minimum absolute atomic E-state index is 0.0782. The average Bonchev–Trinajstić information content (AvgIpc) is 2.72. The number of halogens is 2. The quantitative estimate of drug-likeness (QED) is 0.280. The van der Waals surface area contributed by atoms with E-state index in [1.54, 1.807) is 42.5 Å². The lowest BCUT2D eigenvalue weighted by atomic mass is 10.2. The molecule has 0 aliphatic rings. The summed E-state index contributed by atoms with van der Waals surface area (Å²) in [6.45, 7) is 2.27. The lowest BCUT2D eigenvalue weighted by Crippen LogP contribution is -2.49. The van der Waals surface area contributed by atoms with Crippen LogP contribution in [0.2, 0.25) is 5.02 Å². The van der Waals surface area contributed by atoms with Crippen LogP contribution in [-0.2, 0) is 4.79 Å². The molecule has 30 heavy (non-hydrogen) atoms. The molecule has 0 saturated heterocycles. The van der Waals surface area contributed by atoms with E-state index in [4.69, 9.17) is 33.3 Å². The predicted octanol–water partition coefficient (Wildman–Crippen LogP) is 4.00. The second kappa shape index (κ2) is 12.4. The molecular formula is C20H21BrClN3O4S. The summed E-state index contributed by atoms with van der Waals surface area (Å²) in [6.07, 6.45) is 1.85. The van der Waals surface area contributed by atoms with Gasteiger partial charge in [-0.3, -0.25) is 25.8 Å². The first-order chi connectivity index (χ1) is 14.4. The smallest absolute Gasteiger partial charge is 0.276 e. The van der Waals surface area contributed by atoms with E-state index < -0.39 is 11.8 Å². The molecular weight excluding hydrogens is 494 g/mol. The Morgan fingerprint density at radius 2 is 1.87 bits per heavy atom. The van der Waals surface area contributed by atoms with E-state index in [1.165, 1.54) is 0 Å². The molecule has 2 aromatic carbocycles. The molecule has 7 nitrogen and oxygen atoms in total. The van der Waals surface area contributed by atoms with Crippen molar-refractivity contribution >= 4 is 56.7 Å². The summed E-state index contributed by atoms with van der Waals surface area (Å²) in [5.41, 5.74) is 5.12. The van der Waals surface area contributed by atoms with Crippen molar-refractivity contribution in [2.75, 3.05) is 13.2 Å². The van der Waals surface area contributed by atoms with Gasteiger partial charge in [0.15, 0.2) is 11.7 Å². The third-order valence-corrected chi connectivity index (χ3v) is 4.69. The van der Waals surface area contributed by atoms with Gasteiger partial charge in [0.2, 0.25) is 0 Å². The number of hydrogen-bond acceptors (Lipinski definition) is 5. The van der Waals surface area contributed by atoms with Gasteiger partial charge in [0.1, 0.15) is 11.5 Å². The van der Waals surface area contributed by atoms with Crippen molar-refractivity contribution in [1.29, 1.82) is 0 Å². The van der Waals surface area contributed by atoms with E-state index in [-0.39, 0.29) is 11.7 Å². The fraction of sp³-hybridized carbons (Fsp3) is 0.250. The Labute approximate surface area is 193 Å². The van der Waals surface area contributed by atoms with Crippen molar-refractivity contribution in [3.63, 3.8) is 0 Å². The Morgan fingerprint density at radius 3 is 2.60 bits per heavy atom. The van der Waals surface area contributed by atoms with Crippen LogP contribution in [0.3, 0.4) is 0 Å². The van der Waals surface area contributed by atoms with Crippen molar-refractivity contribution in [3.8, 4) is 11.5 Å². The number of benzene rings is 2. The first kappa shape index (κ1) is 23.9. The summed E-state index contributed by atoms with van der Waals surface area (Å²) >= 11 is 14.4. The molecule has 2 amide bonds. The van der Waals surface area contributed by atoms with Gasteiger partial charge in [-0.2, -0.15) is 0 Å². The molecule has 2 aromatic rings. The fourth-order valence-corrected chi connectivity index (χ4v) is 2.90. The Bertz CT molecular complexity index is 913. The maximum Gasteiger partial charge on any atom is 0.276 e. The summed E-state index contributed by atoms with van der Waals surface area (Å²) in [6, 6.07) is 11.9. The summed E-state index contributed by atoms with van der Waals surface area (Å²) in [4.78, 5) is 24.5. The van der Waals surface area contributed by atoms with Crippen molar-refractivity contribution in [2.45, 2.75) is 19.8 Å². The highest BCUT2D eigenvalue weighted by Crippen LogP contribution is 2.24. The van der Waals surface area contributed by atoms with Crippen LogP contribution in [-0.4, -0.2) is 30.1 Å². The van der Waals surface area contributed by atoms with E-state index in [0.717, 1.165) is 17.3 Å². The number of unbranched alkanes of at least 4 members (excludes halogenated alkanes) is 1. The van der Waals surface area contributed by atoms with Crippen LogP contribution in [0.15, 0.2) is 46.9 Å². The molecule has 0 atom stereocenters. The van der Waals surface area contributed by atoms with E-state index in [1.807, 2.05) is 0 Å². The van der Waals surface area contributed by atoms with Crippen LogP contribution in [0.4, 0.5) is 0 Å². The monoisotopic (exact) mass is 513 g/mol. The van der Waals surface area contributed by atoms with E-state index in [2.05, 4.69) is 39.0 Å². The fourth-order valence-electron chi connectivity index (χ4n) is 2.20. The molecule has 0 bridgehead atoms. The van der Waals surface area contributed by atoms with Gasteiger partial charge in [-0.15, -0.1) is 0 Å². The van der Waals surface area contributed by atoms with Crippen LogP contribution in [0, 0.1) is 0 Å². The topological polar surface area (TPSA) is 88.7 Å². The van der Waals surface area contributed by atoms with Crippen LogP contribution in [0.25, 0.3) is 0 Å². The normalized spacial score (nSPS) is 10.1. The number of nitrogens with one attached hydrogen (secondary N) is 3. The average molecular weight is 515 g/mol. The Kier molecular flexibility index (Phi) is 9.85. The van der Waals surface area contributed by atoms with Crippen molar-refractivity contribution < 1.29 is 19.1 Å². The highest BCUT2D eigenvalue weighted by atomic mass is 79.9. The molecule has 0 saturated carbocycles. The van der Waals surface area contributed by atoms with Gasteiger partial charge in [-0.05, 0) is 49.0 Å². The lowest BCUT2D eigenvalue weighted by Gasteiger charge is -2.14. The number of carbonyl (C=O) groups excluding carboxylic acids is 2. The zero-order chi connectivity index (χ0) is 21.9. The Hall–Kier alpha value is -2.36. The number of rotatable bonds is 8. The number of ether oxygens (including phenoxy) is 2. The van der Waals surface area contributed by atoms with Gasteiger partial charge in [-0.1, -0.05) is 53.0 Å². The molecule has 0 aromatic heterocycles. The summed E-state index contributed by atoms with van der Waals surface area (Å²) < 4.78 is 11.7. The minimum atomic E-state index is -0.502. The van der Waals surface area contributed by atoms with Crippen LogP contribution in [0.1, 0.15) is 30.1 Å². The van der Waals surface area contributed by atoms with Crippen LogP contribution >= 0.6 is 39.7 Å². The SMILES string of the molecule is CCCCOc1ccc(Br)cc1C(=O)NC(=S)NNC(=O)COc1ccccc1Cl. The predicted molar refractivity (Wildman–Crippen MR) is 123 cm³/mol. The zero-order valence-corrected chi connectivity index (χ0v) is 19.3. The molecule has 2 rings (SSSR count). The number of thiocarbonyl (C=S) groups is 1. The van der Waals surface area contributed by atoms with Gasteiger partial charge >= 0.3 is 0 Å². The number of hydrogen-bond donors (Lipinski definition) is 3. The molecule has 0 heterocycles. The molecule has 3 N–H and O–H groups in total. The van der Waals surface area contributed by atoms with Crippen LogP contribution < -0.4 is 25.6 Å². The van der Waals surface area contributed by atoms with Gasteiger partial charge < -0.3 is 9.47 Å². The third kappa shape index (κ3) is 7.81. The standard InChI is InChI=1S/C20H21BrClN3O4S/c1-2-3-10-28-16-9-8-13(21)11-14(16)19(27)23-20(30)25-24-18(26)12-29-17-7-5-4-6-15(17)22/h4-9,11H,2-3,10,12H2,1H3,(H,24,26)(H2,23,25,27,30). The molecule has 10 heteroatoms. The maximum absolute atomic E-state index is 12.6. The zero-order valence-electron chi connectivity index (χ0n) is 16.2. The third-order valence-electron chi connectivity index (χ3n) is 3.68. The largest absolute Gasteiger partial charge is 0.493 e. The molecule has 0 fully saturated rings. The van der Waals surface area contributed by atoms with Gasteiger partial charge in [0, 0.05) is 4.47 Å². The van der Waals surface area contributed by atoms with E-state index >= 15 is 0 Å². The van der Waals surface area contributed by atoms with Crippen molar-refractivity contribution in [1.82, 2.24) is 16.2 Å². The highest BCUT2D eigenvalue weighted by Gasteiger charge is 2.15. The van der Waals surface area contributed by atoms with Gasteiger partial charge in [0.25, 0.3) is 11.8 Å². The molecule has 160 valence electrons. The van der Waals surface area contributed by atoms with Crippen LogP contribution in [0.5, 0.6) is 11.5 Å². The summed E-state index contributed by atoms with van der Waals surface area (Å²) in [7, 11) is 0. The van der Waals surface area contributed by atoms with Gasteiger partial charge in [-0.25, -0.2) is 0 Å². The van der Waals surface area contributed by atoms with Gasteiger partial charge in [0.05, 0.1) is 17.2 Å². The Balaban J connectivity index is 1.84. The summed E-state index contributed by atoms with van der Waals surface area (Å²) in [5, 5.41) is 2.81. The lowest BCUT2D eigenvalue weighted by molar-refractivity contribution is -0.123. The second-order valence-corrected chi connectivity index (χ2v) is 7.75. The summed E-state index contributed by atoms with van der Waals surface area (Å²) in [5.74, 6) is -0.140. The van der Waals surface area contributed by atoms with Crippen molar-refractivity contribution in [3.05, 3.63) is 57.5 Å². The first-order valence-corrected chi connectivity index (χ1v) is 10.7. The second-order valence-electron chi connectivity index (χ2n) is 6.02. The van der Waals surface area contributed by atoms with Crippen molar-refractivity contribution in [2.24, 2.45) is 0 Å². The number of amides is 2. The number of para-hydroxylation sites is 1. The molecule has 0 unspecified atom stereocenters. The Morgan fingerprint density at radius 1 is 1.10 bits per heavy atom. The van der Waals surface area contributed by atoms with E-state index in [9.17, 15) is 9.59 Å². The maximum atomic E-state index is 12.6. The molecule has 0 aliphatic carbocycles. The number of carbonyl (C=O) groups is 2. The first-order valence-electron chi connectivity index (χ1n) is 9.10. The van der Waals surface area contributed by atoms with E-state index in [0.29, 0.717) is 28.7 Å². The number of hydrazine groups is 1. The molecule has 0 aliphatic heterocycles. The minimum Gasteiger partial charge on any atom is -0.493 e. The highest BCUT2D eigenvalue weighted by molar-refractivity contribution is 9.10. The molecule has 0 radical (unpaired) electrons.